The molecule has 1 aliphatic heterocycles. The number of carbonyl (C=O) groups excluding carboxylic acids is 1. The molecule has 1 amide bonds. The average Bonchev–Trinajstić information content (AvgIpc) is 2.71. The summed E-state index contributed by atoms with van der Waals surface area (Å²) in [4.78, 5) is 13.1. The van der Waals surface area contributed by atoms with Crippen LogP contribution in [-0.4, -0.2) is 39.8 Å². The maximum Gasteiger partial charge on any atom is 0.249 e. The molecule has 7 nitrogen and oxygen atoms in total. The van der Waals surface area contributed by atoms with Crippen LogP contribution < -0.4 is 19.1 Å². The van der Waals surface area contributed by atoms with E-state index < -0.39 is 20.7 Å². The van der Waals surface area contributed by atoms with E-state index in [0.717, 1.165) is 5.56 Å². The van der Waals surface area contributed by atoms with Gasteiger partial charge in [0.15, 0.2) is 4.75 Å². The fourth-order valence-electron chi connectivity index (χ4n) is 3.46. The summed E-state index contributed by atoms with van der Waals surface area (Å²) in [7, 11) is -0.809. The Balaban J connectivity index is 1.89. The molecule has 8 heteroatoms. The zero-order chi connectivity index (χ0) is 21.2. The number of amides is 1. The van der Waals surface area contributed by atoms with Crippen LogP contribution in [0.15, 0.2) is 42.5 Å². The third-order valence-electron chi connectivity index (χ3n) is 5.40. The van der Waals surface area contributed by atoms with E-state index in [9.17, 15) is 13.2 Å². The molecule has 29 heavy (non-hydrogen) atoms. The highest BCUT2D eigenvalue weighted by atomic mass is 32.2. The monoisotopic (exact) mass is 418 g/mol. The van der Waals surface area contributed by atoms with Crippen molar-refractivity contribution in [3.63, 3.8) is 0 Å². The first-order valence-corrected chi connectivity index (χ1v) is 10.8. The van der Waals surface area contributed by atoms with Crippen LogP contribution in [0.5, 0.6) is 11.5 Å². The molecular weight excluding hydrogens is 392 g/mol. The molecule has 0 unspecified atom stereocenters. The van der Waals surface area contributed by atoms with E-state index in [1.807, 2.05) is 6.92 Å². The topological polar surface area (TPSA) is 84.9 Å². The van der Waals surface area contributed by atoms with Gasteiger partial charge in [-0.25, -0.2) is 8.42 Å². The highest BCUT2D eigenvalue weighted by Gasteiger charge is 2.52. The van der Waals surface area contributed by atoms with Gasteiger partial charge in [-0.1, -0.05) is 0 Å². The summed E-state index contributed by atoms with van der Waals surface area (Å²) in [6.07, 6.45) is 0.833. The SMILES string of the molecule is COc1ccc(N2CCC[C@@](C)(C(=O)Nc3ccc(OC)cc3C)S2(=O)=O)cc1. The van der Waals surface area contributed by atoms with Crippen LogP contribution in [0.3, 0.4) is 0 Å². The van der Waals surface area contributed by atoms with Gasteiger partial charge < -0.3 is 14.8 Å². The number of aryl methyl sites for hydroxylation is 1. The van der Waals surface area contributed by atoms with Gasteiger partial charge in [0.2, 0.25) is 15.9 Å². The molecule has 3 rings (SSSR count). The predicted octanol–water partition coefficient (Wildman–Crippen LogP) is 3.34. The van der Waals surface area contributed by atoms with Crippen molar-refractivity contribution in [2.75, 3.05) is 30.4 Å². The summed E-state index contributed by atoms with van der Waals surface area (Å²) in [6.45, 7) is 3.66. The zero-order valence-corrected chi connectivity index (χ0v) is 17.9. The van der Waals surface area contributed by atoms with Gasteiger partial charge in [-0.2, -0.15) is 0 Å². The molecule has 2 aromatic rings. The van der Waals surface area contributed by atoms with Gasteiger partial charge >= 0.3 is 0 Å². The quantitative estimate of drug-likeness (QED) is 0.805. The molecule has 1 atom stereocenters. The van der Waals surface area contributed by atoms with Crippen LogP contribution in [0.1, 0.15) is 25.3 Å². The van der Waals surface area contributed by atoms with Gasteiger partial charge in [0.05, 0.1) is 19.9 Å². The Morgan fingerprint density at radius 2 is 1.69 bits per heavy atom. The minimum Gasteiger partial charge on any atom is -0.497 e. The number of benzene rings is 2. The van der Waals surface area contributed by atoms with Crippen molar-refractivity contribution in [3.05, 3.63) is 48.0 Å². The second-order valence-corrected chi connectivity index (χ2v) is 9.54. The predicted molar refractivity (Wildman–Crippen MR) is 113 cm³/mol. The van der Waals surface area contributed by atoms with E-state index in [-0.39, 0.29) is 6.42 Å². The van der Waals surface area contributed by atoms with E-state index in [2.05, 4.69) is 5.32 Å². The molecule has 1 saturated heterocycles. The molecule has 0 radical (unpaired) electrons. The molecule has 1 N–H and O–H groups in total. The lowest BCUT2D eigenvalue weighted by molar-refractivity contribution is -0.118. The summed E-state index contributed by atoms with van der Waals surface area (Å²) < 4.78 is 36.9. The summed E-state index contributed by atoms with van der Waals surface area (Å²) in [5.41, 5.74) is 1.88. The Bertz CT molecular complexity index is 1000. The molecule has 1 fully saturated rings. The molecule has 0 saturated carbocycles. The minimum absolute atomic E-state index is 0.253. The number of hydrogen-bond acceptors (Lipinski definition) is 5. The summed E-state index contributed by atoms with van der Waals surface area (Å²) in [5.74, 6) is 0.769. The second-order valence-electron chi connectivity index (χ2n) is 7.24. The Hall–Kier alpha value is -2.74. The van der Waals surface area contributed by atoms with Gasteiger partial charge in [0.1, 0.15) is 11.5 Å². The Kier molecular flexibility index (Phi) is 5.75. The largest absolute Gasteiger partial charge is 0.497 e. The Labute approximate surface area is 171 Å². The molecule has 156 valence electrons. The van der Waals surface area contributed by atoms with Crippen LogP contribution in [-0.2, 0) is 14.8 Å². The molecule has 0 spiro atoms. The fourth-order valence-corrected chi connectivity index (χ4v) is 5.40. The van der Waals surface area contributed by atoms with Crippen LogP contribution in [0.25, 0.3) is 0 Å². The Morgan fingerprint density at radius 1 is 1.07 bits per heavy atom. The van der Waals surface area contributed by atoms with Crippen LogP contribution in [0.4, 0.5) is 11.4 Å². The lowest BCUT2D eigenvalue weighted by atomic mass is 10.0. The van der Waals surface area contributed by atoms with Gasteiger partial charge in [0.25, 0.3) is 0 Å². The number of sulfonamides is 1. The van der Waals surface area contributed by atoms with Crippen molar-refractivity contribution < 1.29 is 22.7 Å². The first kappa shape index (κ1) is 21.0. The molecule has 0 bridgehead atoms. The van der Waals surface area contributed by atoms with Crippen LogP contribution >= 0.6 is 0 Å². The summed E-state index contributed by atoms with van der Waals surface area (Å²) >= 11 is 0. The number of methoxy groups -OCH3 is 2. The number of hydrogen-bond donors (Lipinski definition) is 1. The second kappa shape index (κ2) is 7.94. The molecule has 0 aliphatic carbocycles. The summed E-state index contributed by atoms with van der Waals surface area (Å²) in [6, 6.07) is 12.0. The van der Waals surface area contributed by atoms with E-state index in [1.165, 1.54) is 11.2 Å². The number of nitrogens with zero attached hydrogens (tertiary/aromatic N) is 1. The van der Waals surface area contributed by atoms with E-state index in [0.29, 0.717) is 35.8 Å². The molecule has 1 aliphatic rings. The normalized spacial score (nSPS) is 20.8. The third-order valence-corrected chi connectivity index (χ3v) is 7.90. The molecular formula is C21H26N2O5S. The first-order valence-electron chi connectivity index (χ1n) is 9.35. The van der Waals surface area contributed by atoms with Crippen LogP contribution in [0.2, 0.25) is 0 Å². The molecule has 0 aromatic heterocycles. The number of carbonyl (C=O) groups is 1. The van der Waals surface area contributed by atoms with Gasteiger partial charge in [-0.15, -0.1) is 0 Å². The van der Waals surface area contributed by atoms with Crippen molar-refractivity contribution in [1.82, 2.24) is 0 Å². The number of rotatable bonds is 5. The highest BCUT2D eigenvalue weighted by molar-refractivity contribution is 7.95. The molecule has 1 heterocycles. The van der Waals surface area contributed by atoms with Gasteiger partial charge in [-0.05, 0) is 74.7 Å². The maximum absolute atomic E-state index is 13.4. The molecule has 2 aromatic carbocycles. The first-order chi connectivity index (χ1) is 13.7. The number of nitrogens with one attached hydrogen (secondary N) is 1. The minimum atomic E-state index is -3.93. The van der Waals surface area contributed by atoms with E-state index >= 15 is 0 Å². The van der Waals surface area contributed by atoms with Crippen molar-refractivity contribution >= 4 is 27.3 Å². The smallest absolute Gasteiger partial charge is 0.249 e. The Morgan fingerprint density at radius 3 is 2.28 bits per heavy atom. The fraction of sp³-hybridized carbons (Fsp3) is 0.381. The highest BCUT2D eigenvalue weighted by Crippen LogP contribution is 2.37. The third kappa shape index (κ3) is 3.76. The van der Waals surface area contributed by atoms with Crippen LogP contribution in [0, 0.1) is 6.92 Å². The maximum atomic E-state index is 13.4. The summed E-state index contributed by atoms with van der Waals surface area (Å²) in [5, 5.41) is 2.80. The van der Waals surface area contributed by atoms with Crippen molar-refractivity contribution in [2.24, 2.45) is 0 Å². The van der Waals surface area contributed by atoms with Gasteiger partial charge in [-0.3, -0.25) is 9.10 Å². The van der Waals surface area contributed by atoms with Crippen molar-refractivity contribution in [3.8, 4) is 11.5 Å². The average molecular weight is 419 g/mol. The lowest BCUT2D eigenvalue weighted by Gasteiger charge is -2.39. The van der Waals surface area contributed by atoms with Crippen molar-refractivity contribution in [2.45, 2.75) is 31.4 Å². The van der Waals surface area contributed by atoms with Gasteiger partial charge in [0, 0.05) is 12.2 Å². The zero-order valence-electron chi connectivity index (χ0n) is 17.1. The van der Waals surface area contributed by atoms with Crippen molar-refractivity contribution in [1.29, 1.82) is 0 Å². The van der Waals surface area contributed by atoms with E-state index in [4.69, 9.17) is 9.47 Å². The number of anilines is 2. The van der Waals surface area contributed by atoms with E-state index in [1.54, 1.807) is 56.7 Å². The number of ether oxygens (including phenoxy) is 2. The lowest BCUT2D eigenvalue weighted by Crippen LogP contribution is -2.57. The standard InChI is InChI=1S/C21H26N2O5S/c1-15-14-18(28-4)10-11-19(15)22-20(24)21(2)12-5-13-23(29(21,25)26)16-6-8-17(27-3)9-7-16/h6-11,14H,5,12-13H2,1-4H3,(H,22,24)/t21-/m0/s1.